The fourth-order valence-corrected chi connectivity index (χ4v) is 2.33. The molecule has 1 unspecified atom stereocenters. The molecule has 0 radical (unpaired) electrons. The van der Waals surface area contributed by atoms with Gasteiger partial charge in [0, 0.05) is 30.0 Å². The Morgan fingerprint density at radius 1 is 0.938 bits per heavy atom. The van der Waals surface area contributed by atoms with Gasteiger partial charge in [0.05, 0.1) is 6.33 Å². The third-order valence-electron chi connectivity index (χ3n) is 3.84. The zero-order chi connectivity index (χ0) is 24.5. The Bertz CT molecular complexity index is 793. The summed E-state index contributed by atoms with van der Waals surface area (Å²) in [6, 6.07) is 8.43. The summed E-state index contributed by atoms with van der Waals surface area (Å²) in [4.78, 5) is 40.4. The molecule has 0 amide bonds. The van der Waals surface area contributed by atoms with Crippen LogP contribution in [0.3, 0.4) is 0 Å². The molecule has 0 aliphatic carbocycles. The largest absolute Gasteiger partial charge is 0.473 e. The number of carboxylic acids is 4. The molecule has 0 fully saturated rings. The van der Waals surface area contributed by atoms with E-state index < -0.39 is 23.9 Å². The van der Waals surface area contributed by atoms with E-state index in [1.54, 1.807) is 0 Å². The van der Waals surface area contributed by atoms with Crippen LogP contribution in [-0.2, 0) is 25.7 Å². The molecule has 0 spiro atoms. The maximum Gasteiger partial charge on any atom is 0.414 e. The van der Waals surface area contributed by atoms with E-state index in [4.69, 9.17) is 51.2 Å². The summed E-state index contributed by atoms with van der Waals surface area (Å²) in [5, 5.41) is 33.9. The minimum Gasteiger partial charge on any atom is -0.473 e. The number of imidazole rings is 1. The highest BCUT2D eigenvalue weighted by molar-refractivity contribution is 6.30. The average molecular weight is 472 g/mol. The van der Waals surface area contributed by atoms with Crippen LogP contribution in [0, 0.1) is 0 Å². The van der Waals surface area contributed by atoms with Gasteiger partial charge in [-0.3, -0.25) is 0 Å². The van der Waals surface area contributed by atoms with Crippen LogP contribution in [0.15, 0.2) is 43.0 Å². The normalized spacial score (nSPS) is 10.6. The second-order valence-electron chi connectivity index (χ2n) is 6.31. The number of nitrogens with one attached hydrogen (secondary N) is 1. The van der Waals surface area contributed by atoms with Gasteiger partial charge in [-0.1, -0.05) is 30.2 Å². The third kappa shape index (κ3) is 14.5. The topological polar surface area (TPSA) is 179 Å². The predicted molar refractivity (Wildman–Crippen MR) is 114 cm³/mol. The first kappa shape index (κ1) is 28.6. The van der Waals surface area contributed by atoms with E-state index in [2.05, 4.69) is 33.9 Å². The van der Waals surface area contributed by atoms with E-state index >= 15 is 0 Å². The van der Waals surface area contributed by atoms with Crippen molar-refractivity contribution in [2.75, 3.05) is 6.54 Å². The van der Waals surface area contributed by atoms with Crippen molar-refractivity contribution < 1.29 is 39.6 Å². The number of aliphatic carboxylic acids is 4. The van der Waals surface area contributed by atoms with Crippen molar-refractivity contribution in [3.8, 4) is 0 Å². The molecule has 176 valence electrons. The fraction of sp³-hybridized carbons (Fsp3) is 0.350. The van der Waals surface area contributed by atoms with E-state index in [0.717, 1.165) is 18.1 Å². The number of aromatic nitrogens is 2. The highest BCUT2D eigenvalue weighted by Gasteiger charge is 2.05. The molecule has 0 saturated carbocycles. The number of hydrogen-bond acceptors (Lipinski definition) is 6. The smallest absolute Gasteiger partial charge is 0.414 e. The van der Waals surface area contributed by atoms with Gasteiger partial charge in [-0.25, -0.2) is 24.2 Å². The Hall–Kier alpha value is -3.44. The van der Waals surface area contributed by atoms with Crippen molar-refractivity contribution in [1.82, 2.24) is 14.9 Å². The highest BCUT2D eigenvalue weighted by atomic mass is 35.5. The van der Waals surface area contributed by atoms with Crippen molar-refractivity contribution >= 4 is 35.5 Å². The van der Waals surface area contributed by atoms with Crippen LogP contribution in [0.4, 0.5) is 0 Å². The van der Waals surface area contributed by atoms with Gasteiger partial charge in [0.1, 0.15) is 0 Å². The van der Waals surface area contributed by atoms with Crippen molar-refractivity contribution in [1.29, 1.82) is 0 Å². The summed E-state index contributed by atoms with van der Waals surface area (Å²) in [5.41, 5.74) is 1.29. The number of aryl methyl sites for hydroxylation is 1. The summed E-state index contributed by atoms with van der Waals surface area (Å²) in [7, 11) is 0. The lowest BCUT2D eigenvalue weighted by molar-refractivity contribution is -0.159. The third-order valence-corrected chi connectivity index (χ3v) is 4.09. The molecule has 11 nitrogen and oxygen atoms in total. The number of nitrogens with zero attached hydrogens (tertiary/aromatic N) is 2. The van der Waals surface area contributed by atoms with Gasteiger partial charge in [-0.15, -0.1) is 0 Å². The number of benzene rings is 1. The van der Waals surface area contributed by atoms with Crippen molar-refractivity contribution in [3.05, 3.63) is 53.6 Å². The average Bonchev–Trinajstić information content (AvgIpc) is 3.25. The van der Waals surface area contributed by atoms with Gasteiger partial charge in [0.2, 0.25) is 0 Å². The molecule has 0 bridgehead atoms. The molecule has 1 aromatic carbocycles. The minimum absolute atomic E-state index is 0.376. The molecule has 0 aliphatic heterocycles. The molecular formula is C20H26ClN3O8. The molecule has 32 heavy (non-hydrogen) atoms. The van der Waals surface area contributed by atoms with Gasteiger partial charge >= 0.3 is 23.9 Å². The van der Waals surface area contributed by atoms with Gasteiger partial charge in [0.15, 0.2) is 0 Å². The van der Waals surface area contributed by atoms with E-state index in [1.165, 1.54) is 24.8 Å². The SMILES string of the molecule is CC(NCCCCCn1ccnc1)c1ccc(Cl)cc1.O=C(O)C(=O)O.O=C(O)C(=O)O. The number of carbonyl (C=O) groups is 4. The zero-order valence-electron chi connectivity index (χ0n) is 17.3. The molecule has 1 atom stereocenters. The monoisotopic (exact) mass is 471 g/mol. The van der Waals surface area contributed by atoms with Gasteiger partial charge in [-0.05, 0) is 44.0 Å². The number of rotatable bonds is 8. The Labute approximate surface area is 189 Å². The van der Waals surface area contributed by atoms with Gasteiger partial charge in [-0.2, -0.15) is 0 Å². The second-order valence-corrected chi connectivity index (χ2v) is 6.75. The van der Waals surface area contributed by atoms with Gasteiger partial charge in [0.25, 0.3) is 0 Å². The minimum atomic E-state index is -1.82. The molecule has 0 saturated heterocycles. The van der Waals surface area contributed by atoms with Crippen LogP contribution in [0.2, 0.25) is 5.02 Å². The lowest BCUT2D eigenvalue weighted by Crippen LogP contribution is -2.19. The first-order valence-electron chi connectivity index (χ1n) is 9.41. The Morgan fingerprint density at radius 3 is 1.91 bits per heavy atom. The van der Waals surface area contributed by atoms with Crippen LogP contribution >= 0.6 is 11.6 Å². The molecule has 1 heterocycles. The maximum absolute atomic E-state index is 9.10. The zero-order valence-corrected chi connectivity index (χ0v) is 18.1. The number of carboxylic acid groups (broad SMARTS) is 4. The van der Waals surface area contributed by atoms with E-state index in [-0.39, 0.29) is 0 Å². The summed E-state index contributed by atoms with van der Waals surface area (Å²) in [6.07, 6.45) is 9.36. The molecular weight excluding hydrogens is 446 g/mol. The van der Waals surface area contributed by atoms with E-state index in [1.807, 2.05) is 30.9 Å². The van der Waals surface area contributed by atoms with Crippen molar-refractivity contribution in [2.45, 2.75) is 38.8 Å². The van der Waals surface area contributed by atoms with Crippen LogP contribution in [0.25, 0.3) is 0 Å². The number of halogens is 1. The van der Waals surface area contributed by atoms with Crippen LogP contribution in [0.1, 0.15) is 37.8 Å². The van der Waals surface area contributed by atoms with Crippen LogP contribution in [0.5, 0.6) is 0 Å². The standard InChI is InChI=1S/C16H22ClN3.2C2H2O4/c1-14(15-5-7-16(17)8-6-15)19-9-3-2-4-11-20-12-10-18-13-20;2*3-1(4)2(5)6/h5-8,10,12-14,19H,2-4,9,11H2,1H3;2*(H,3,4)(H,5,6). The summed E-state index contributed by atoms with van der Waals surface area (Å²) in [5.74, 6) is -7.30. The summed E-state index contributed by atoms with van der Waals surface area (Å²) in [6.45, 7) is 4.30. The van der Waals surface area contributed by atoms with Crippen LogP contribution in [-0.4, -0.2) is 60.4 Å². The highest BCUT2D eigenvalue weighted by Crippen LogP contribution is 2.16. The lowest BCUT2D eigenvalue weighted by atomic mass is 10.1. The Kier molecular flexibility index (Phi) is 14.5. The maximum atomic E-state index is 9.10. The van der Waals surface area contributed by atoms with Crippen molar-refractivity contribution in [2.24, 2.45) is 0 Å². The lowest BCUT2D eigenvalue weighted by Gasteiger charge is -2.14. The van der Waals surface area contributed by atoms with E-state index in [0.29, 0.717) is 6.04 Å². The second kappa shape index (κ2) is 16.3. The Morgan fingerprint density at radius 2 is 1.47 bits per heavy atom. The molecule has 12 heteroatoms. The summed E-state index contributed by atoms with van der Waals surface area (Å²) >= 11 is 5.89. The number of hydrogen-bond donors (Lipinski definition) is 5. The molecule has 0 aliphatic rings. The molecule has 2 rings (SSSR count). The predicted octanol–water partition coefficient (Wildman–Crippen LogP) is 2.37. The molecule has 5 N–H and O–H groups in total. The summed E-state index contributed by atoms with van der Waals surface area (Å²) < 4.78 is 2.13. The molecule has 1 aromatic heterocycles. The van der Waals surface area contributed by atoms with E-state index in [9.17, 15) is 0 Å². The van der Waals surface area contributed by atoms with Crippen molar-refractivity contribution in [3.63, 3.8) is 0 Å². The quantitative estimate of drug-likeness (QED) is 0.283. The molecule has 2 aromatic rings. The first-order valence-corrected chi connectivity index (χ1v) is 9.79. The first-order chi connectivity index (χ1) is 15.0. The fourth-order valence-electron chi connectivity index (χ4n) is 2.20. The number of unbranched alkanes of at least 4 members (excludes halogenated alkanes) is 2. The van der Waals surface area contributed by atoms with Gasteiger partial charge < -0.3 is 30.3 Å². The van der Waals surface area contributed by atoms with Crippen LogP contribution < -0.4 is 5.32 Å². The Balaban J connectivity index is 0.000000662.